The van der Waals surface area contributed by atoms with Crippen LogP contribution in [0.3, 0.4) is 0 Å². The van der Waals surface area contributed by atoms with Crippen molar-refractivity contribution >= 4 is 17.5 Å². The lowest BCUT2D eigenvalue weighted by Crippen LogP contribution is -2.45. The molecule has 7 nitrogen and oxygen atoms in total. The van der Waals surface area contributed by atoms with Gasteiger partial charge in [-0.3, -0.25) is 4.79 Å². The minimum Gasteiger partial charge on any atom is -0.373 e. The Labute approximate surface area is 159 Å². The smallest absolute Gasteiger partial charge is 0.267 e. The molecule has 0 bridgehead atoms. The summed E-state index contributed by atoms with van der Waals surface area (Å²) in [6.07, 6.45) is 5.09. The number of rotatable bonds is 4. The summed E-state index contributed by atoms with van der Waals surface area (Å²) >= 11 is 0. The van der Waals surface area contributed by atoms with Gasteiger partial charge in [-0.25, -0.2) is 9.97 Å². The van der Waals surface area contributed by atoms with E-state index in [0.29, 0.717) is 19.0 Å². The van der Waals surface area contributed by atoms with E-state index < -0.39 is 0 Å². The fourth-order valence-corrected chi connectivity index (χ4v) is 2.90. The van der Waals surface area contributed by atoms with E-state index in [1.165, 1.54) is 0 Å². The van der Waals surface area contributed by atoms with Gasteiger partial charge in [-0.15, -0.1) is 0 Å². The van der Waals surface area contributed by atoms with E-state index in [2.05, 4.69) is 20.2 Å². The molecule has 0 aliphatic carbocycles. The molecular weight excluding hydrogens is 340 g/mol. The number of hydrogen-bond acceptors (Lipinski definition) is 6. The molecule has 7 heteroatoms. The van der Waals surface area contributed by atoms with Crippen molar-refractivity contribution in [2.24, 2.45) is 0 Å². The second kappa shape index (κ2) is 8.32. The number of carbonyl (C=O) groups excluding carboxylic acids is 1. The van der Waals surface area contributed by atoms with Gasteiger partial charge in [0.15, 0.2) is 0 Å². The number of amides is 1. The number of benzene rings is 1. The van der Waals surface area contributed by atoms with Gasteiger partial charge in [0.2, 0.25) is 5.95 Å². The van der Waals surface area contributed by atoms with Crippen LogP contribution < -0.4 is 10.2 Å². The molecule has 1 N–H and O–H groups in total. The molecule has 1 aliphatic rings. The molecule has 138 valence electrons. The molecule has 1 aromatic heterocycles. The van der Waals surface area contributed by atoms with Crippen LogP contribution in [0.15, 0.2) is 48.4 Å². The number of hydrogen-bond donors (Lipinski definition) is 1. The monoisotopic (exact) mass is 362 g/mol. The molecule has 0 atom stereocenters. The molecule has 2 heterocycles. The van der Waals surface area contributed by atoms with E-state index in [-0.39, 0.29) is 11.5 Å². The highest BCUT2D eigenvalue weighted by Gasteiger charge is 2.19. The first-order valence-electron chi connectivity index (χ1n) is 8.84. The molecule has 1 fully saturated rings. The van der Waals surface area contributed by atoms with E-state index >= 15 is 0 Å². The van der Waals surface area contributed by atoms with Gasteiger partial charge >= 0.3 is 0 Å². The number of aromatic nitrogens is 2. The van der Waals surface area contributed by atoms with Crippen molar-refractivity contribution in [2.75, 3.05) is 36.4 Å². The van der Waals surface area contributed by atoms with E-state index in [4.69, 9.17) is 0 Å². The summed E-state index contributed by atoms with van der Waals surface area (Å²) in [6.45, 7) is 6.80. The first kappa shape index (κ1) is 18.4. The van der Waals surface area contributed by atoms with Crippen LogP contribution >= 0.6 is 0 Å². The SMILES string of the molecule is Cc1cccc(NC(=O)/C(C#N)=C\N2CCN(c3ncccn3)CC2)c1C. The molecular formula is C20H22N6O. The normalized spacial score (nSPS) is 14.6. The lowest BCUT2D eigenvalue weighted by molar-refractivity contribution is -0.112. The summed E-state index contributed by atoms with van der Waals surface area (Å²) < 4.78 is 0. The number of aryl methyl sites for hydroxylation is 1. The van der Waals surface area contributed by atoms with Crippen molar-refractivity contribution < 1.29 is 4.79 Å². The zero-order valence-corrected chi connectivity index (χ0v) is 15.5. The fraction of sp³-hybridized carbons (Fsp3) is 0.300. The van der Waals surface area contributed by atoms with Crippen molar-refractivity contribution in [1.29, 1.82) is 5.26 Å². The number of carbonyl (C=O) groups is 1. The molecule has 1 amide bonds. The van der Waals surface area contributed by atoms with Gasteiger partial charge in [0.05, 0.1) is 0 Å². The van der Waals surface area contributed by atoms with Crippen LogP contribution in [0.4, 0.5) is 11.6 Å². The van der Waals surface area contributed by atoms with Crippen LogP contribution in [0, 0.1) is 25.2 Å². The topological polar surface area (TPSA) is 85.2 Å². The average molecular weight is 362 g/mol. The number of piperazine rings is 1. The van der Waals surface area contributed by atoms with Crippen LogP contribution in [0.1, 0.15) is 11.1 Å². The Hall–Kier alpha value is -3.40. The van der Waals surface area contributed by atoms with Gasteiger partial charge in [0.25, 0.3) is 5.91 Å². The van der Waals surface area contributed by atoms with E-state index in [1.807, 2.05) is 43.0 Å². The lowest BCUT2D eigenvalue weighted by Gasteiger charge is -2.34. The maximum Gasteiger partial charge on any atom is 0.267 e. The minimum absolute atomic E-state index is 0.0975. The Morgan fingerprint density at radius 3 is 2.52 bits per heavy atom. The average Bonchev–Trinajstić information content (AvgIpc) is 2.70. The summed E-state index contributed by atoms with van der Waals surface area (Å²) in [6, 6.07) is 9.52. The molecule has 1 aliphatic heterocycles. The Kier molecular flexibility index (Phi) is 5.67. The highest BCUT2D eigenvalue weighted by atomic mass is 16.1. The second-order valence-electron chi connectivity index (χ2n) is 6.43. The molecule has 0 spiro atoms. The molecule has 1 aromatic carbocycles. The standard InChI is InChI=1S/C20H22N6O/c1-15-5-3-6-18(16(15)2)24-19(27)17(13-21)14-25-9-11-26(12-10-25)20-22-7-4-8-23-20/h3-8,14H,9-12H2,1-2H3,(H,24,27)/b17-14-. The van der Waals surface area contributed by atoms with Crippen LogP contribution in [0.5, 0.6) is 0 Å². The predicted molar refractivity (Wildman–Crippen MR) is 104 cm³/mol. The summed E-state index contributed by atoms with van der Waals surface area (Å²) in [4.78, 5) is 25.1. The third-order valence-electron chi connectivity index (χ3n) is 4.68. The lowest BCUT2D eigenvalue weighted by atomic mass is 10.1. The number of nitrogens with one attached hydrogen (secondary N) is 1. The van der Waals surface area contributed by atoms with Crippen LogP contribution in [-0.4, -0.2) is 47.0 Å². The van der Waals surface area contributed by atoms with Gasteiger partial charge < -0.3 is 15.1 Å². The number of nitriles is 1. The third-order valence-corrected chi connectivity index (χ3v) is 4.68. The second-order valence-corrected chi connectivity index (χ2v) is 6.43. The van der Waals surface area contributed by atoms with Gasteiger partial charge in [0.1, 0.15) is 11.6 Å². The predicted octanol–water partition coefficient (Wildman–Crippen LogP) is 2.26. The molecule has 0 saturated carbocycles. The van der Waals surface area contributed by atoms with Crippen molar-refractivity contribution in [3.05, 3.63) is 59.6 Å². The van der Waals surface area contributed by atoms with Crippen LogP contribution in [0.25, 0.3) is 0 Å². The summed E-state index contributed by atoms with van der Waals surface area (Å²) in [5.41, 5.74) is 2.92. The number of nitrogens with zero attached hydrogens (tertiary/aromatic N) is 5. The Bertz CT molecular complexity index is 879. The van der Waals surface area contributed by atoms with Gasteiger partial charge in [-0.05, 0) is 37.1 Å². The largest absolute Gasteiger partial charge is 0.373 e. The maximum atomic E-state index is 12.5. The molecule has 0 unspecified atom stereocenters. The summed E-state index contributed by atoms with van der Waals surface area (Å²) in [5, 5.41) is 12.3. The molecule has 3 rings (SSSR count). The van der Waals surface area contributed by atoms with Crippen LogP contribution in [-0.2, 0) is 4.79 Å². The van der Waals surface area contributed by atoms with Crippen molar-refractivity contribution in [1.82, 2.24) is 14.9 Å². The summed E-state index contributed by atoms with van der Waals surface area (Å²) in [5.74, 6) is 0.314. The van der Waals surface area contributed by atoms with E-state index in [1.54, 1.807) is 24.7 Å². The quantitative estimate of drug-likeness (QED) is 0.663. The van der Waals surface area contributed by atoms with Gasteiger partial charge in [-0.2, -0.15) is 5.26 Å². The third kappa shape index (κ3) is 4.42. The van der Waals surface area contributed by atoms with Gasteiger partial charge in [0, 0.05) is 50.5 Å². The fourth-order valence-electron chi connectivity index (χ4n) is 2.90. The zero-order chi connectivity index (χ0) is 19.2. The highest BCUT2D eigenvalue weighted by Crippen LogP contribution is 2.19. The Balaban J connectivity index is 1.64. The minimum atomic E-state index is -0.389. The maximum absolute atomic E-state index is 12.5. The molecule has 0 radical (unpaired) electrons. The summed E-state index contributed by atoms with van der Waals surface area (Å²) in [7, 11) is 0. The van der Waals surface area contributed by atoms with Gasteiger partial charge in [-0.1, -0.05) is 12.1 Å². The van der Waals surface area contributed by atoms with E-state index in [9.17, 15) is 10.1 Å². The van der Waals surface area contributed by atoms with E-state index in [0.717, 1.165) is 29.9 Å². The first-order valence-corrected chi connectivity index (χ1v) is 8.84. The molecule has 27 heavy (non-hydrogen) atoms. The Morgan fingerprint density at radius 1 is 1.15 bits per heavy atom. The first-order chi connectivity index (χ1) is 13.1. The molecule has 2 aromatic rings. The highest BCUT2D eigenvalue weighted by molar-refractivity contribution is 6.06. The Morgan fingerprint density at radius 2 is 1.85 bits per heavy atom. The van der Waals surface area contributed by atoms with Crippen molar-refractivity contribution in [3.63, 3.8) is 0 Å². The molecule has 1 saturated heterocycles. The van der Waals surface area contributed by atoms with Crippen molar-refractivity contribution in [2.45, 2.75) is 13.8 Å². The number of anilines is 2. The van der Waals surface area contributed by atoms with Crippen LogP contribution in [0.2, 0.25) is 0 Å². The van der Waals surface area contributed by atoms with Crippen molar-refractivity contribution in [3.8, 4) is 6.07 Å². The zero-order valence-electron chi connectivity index (χ0n) is 15.5.